The number of nitrogens with zero attached hydrogens (tertiary/aromatic N) is 1. The van der Waals surface area contributed by atoms with Gasteiger partial charge in [-0.3, -0.25) is 0 Å². The van der Waals surface area contributed by atoms with E-state index in [2.05, 4.69) is 49.5 Å². The van der Waals surface area contributed by atoms with E-state index >= 15 is 0 Å². The first kappa shape index (κ1) is 11.8. The third-order valence-electron chi connectivity index (χ3n) is 2.12. The molecule has 0 saturated carbocycles. The summed E-state index contributed by atoms with van der Waals surface area (Å²) >= 11 is 0. The predicted octanol–water partition coefficient (Wildman–Crippen LogP) is 3.56. The number of unbranched alkanes of at least 4 members (excludes halogenated alkanes) is 2. The molecule has 0 aliphatic rings. The molecule has 1 aromatic carbocycles. The Hall–Kier alpha value is -1.31. The van der Waals surface area contributed by atoms with E-state index in [9.17, 15) is 0 Å². The fraction of sp³-hybridized carbons (Fsp3) is 0.462. The molecule has 0 amide bonds. The van der Waals surface area contributed by atoms with Crippen LogP contribution in [0.5, 0.6) is 0 Å². The second-order valence-electron chi connectivity index (χ2n) is 3.61. The van der Waals surface area contributed by atoms with Gasteiger partial charge < -0.3 is 4.84 Å². The van der Waals surface area contributed by atoms with Crippen LogP contribution in [0.2, 0.25) is 0 Å². The summed E-state index contributed by atoms with van der Waals surface area (Å²) in [7, 11) is 0. The van der Waals surface area contributed by atoms with Crippen LogP contribution in [0.4, 0.5) is 0 Å². The molecule has 0 aromatic heterocycles. The van der Waals surface area contributed by atoms with E-state index in [4.69, 9.17) is 4.84 Å². The normalized spacial score (nSPS) is 10.8. The van der Waals surface area contributed by atoms with E-state index in [-0.39, 0.29) is 0 Å². The smallest absolute Gasteiger partial charge is 0.142 e. The zero-order chi connectivity index (χ0) is 10.9. The maximum absolute atomic E-state index is 5.12. The molecule has 0 heterocycles. The summed E-state index contributed by atoms with van der Waals surface area (Å²) in [6.45, 7) is 4.75. The molecule has 0 spiro atoms. The van der Waals surface area contributed by atoms with Crippen LogP contribution in [-0.2, 0) is 11.4 Å². The molecule has 0 aliphatic carbocycles. The third-order valence-corrected chi connectivity index (χ3v) is 2.12. The minimum absolute atomic E-state index is 0.527. The zero-order valence-electron chi connectivity index (χ0n) is 9.49. The number of benzene rings is 1. The van der Waals surface area contributed by atoms with Crippen molar-refractivity contribution < 1.29 is 4.84 Å². The van der Waals surface area contributed by atoms with E-state index < -0.39 is 0 Å². The highest BCUT2D eigenvalue weighted by molar-refractivity contribution is 5.56. The van der Waals surface area contributed by atoms with Crippen LogP contribution < -0.4 is 0 Å². The zero-order valence-corrected chi connectivity index (χ0v) is 9.49. The van der Waals surface area contributed by atoms with Gasteiger partial charge in [-0.1, -0.05) is 48.3 Å². The number of aryl methyl sites for hydroxylation is 1. The molecule has 2 nitrogen and oxygen atoms in total. The molecule has 2 heteroatoms. The van der Waals surface area contributed by atoms with Crippen LogP contribution in [0.3, 0.4) is 0 Å². The fourth-order valence-electron chi connectivity index (χ4n) is 1.14. The molecule has 81 valence electrons. The van der Waals surface area contributed by atoms with Crippen LogP contribution in [0.25, 0.3) is 0 Å². The van der Waals surface area contributed by atoms with Gasteiger partial charge in [0.15, 0.2) is 0 Å². The highest BCUT2D eigenvalue weighted by Crippen LogP contribution is 2.04. The maximum atomic E-state index is 5.12. The van der Waals surface area contributed by atoms with E-state index in [0.717, 1.165) is 18.4 Å². The van der Waals surface area contributed by atoms with E-state index in [1.54, 1.807) is 0 Å². The summed E-state index contributed by atoms with van der Waals surface area (Å²) < 4.78 is 0. The monoisotopic (exact) mass is 204 g/mol. The van der Waals surface area contributed by atoms with E-state index in [1.807, 2.05) is 0 Å². The lowest BCUT2D eigenvalue weighted by Crippen LogP contribution is -1.87. The predicted molar refractivity (Wildman–Crippen MR) is 62.9 cm³/mol. The fourth-order valence-corrected chi connectivity index (χ4v) is 1.14. The third kappa shape index (κ3) is 5.21. The molecule has 0 aliphatic heterocycles. The summed E-state index contributed by atoms with van der Waals surface area (Å²) in [4.78, 5) is 5.12. The van der Waals surface area contributed by atoms with Crippen LogP contribution in [-0.4, -0.2) is 6.21 Å². The van der Waals surface area contributed by atoms with Gasteiger partial charge in [0.2, 0.25) is 0 Å². The molecule has 0 unspecified atom stereocenters. The van der Waals surface area contributed by atoms with Crippen molar-refractivity contribution in [1.82, 2.24) is 0 Å². The molecule has 1 aromatic rings. The van der Waals surface area contributed by atoms with Crippen molar-refractivity contribution in [3.8, 4) is 0 Å². The summed E-state index contributed by atoms with van der Waals surface area (Å²) in [6.07, 6.45) is 6.04. The van der Waals surface area contributed by atoms with Crippen LogP contribution in [0, 0.1) is 6.92 Å². The minimum atomic E-state index is 0.527. The summed E-state index contributed by atoms with van der Waals surface area (Å²) in [5, 5.41) is 3.78. The Bertz CT molecular complexity index is 290. The van der Waals surface area contributed by atoms with Gasteiger partial charge in [0, 0.05) is 0 Å². The lowest BCUT2D eigenvalue weighted by molar-refractivity contribution is 0.131. The van der Waals surface area contributed by atoms with Crippen molar-refractivity contribution in [2.24, 2.45) is 5.16 Å². The topological polar surface area (TPSA) is 21.6 Å². The Balaban J connectivity index is 2.20. The lowest BCUT2D eigenvalue weighted by atomic mass is 10.2. The SMILES string of the molecule is CCCC/[C]=N/OCc1ccc(C)cc1. The lowest BCUT2D eigenvalue weighted by Gasteiger charge is -1.99. The van der Waals surface area contributed by atoms with Crippen molar-refractivity contribution in [2.75, 3.05) is 0 Å². The molecule has 0 N–H and O–H groups in total. The molecular formula is C13H18NO. The highest BCUT2D eigenvalue weighted by atomic mass is 16.6. The first-order chi connectivity index (χ1) is 7.33. The molecule has 0 bridgehead atoms. The van der Waals surface area contributed by atoms with Crippen LogP contribution in [0.1, 0.15) is 37.3 Å². The largest absolute Gasteiger partial charge is 0.391 e. The quantitative estimate of drug-likeness (QED) is 0.394. The van der Waals surface area contributed by atoms with Crippen LogP contribution in [0.15, 0.2) is 29.4 Å². The number of hydrogen-bond acceptors (Lipinski definition) is 2. The minimum Gasteiger partial charge on any atom is -0.391 e. The summed E-state index contributed by atoms with van der Waals surface area (Å²) in [5.74, 6) is 0. The Morgan fingerprint density at radius 3 is 2.67 bits per heavy atom. The average molecular weight is 204 g/mol. The van der Waals surface area contributed by atoms with E-state index in [0.29, 0.717) is 6.61 Å². The van der Waals surface area contributed by atoms with Crippen LogP contribution >= 0.6 is 0 Å². The van der Waals surface area contributed by atoms with Gasteiger partial charge in [0.25, 0.3) is 0 Å². The van der Waals surface area contributed by atoms with Gasteiger partial charge in [-0.15, -0.1) is 0 Å². The molecular weight excluding hydrogens is 186 g/mol. The van der Waals surface area contributed by atoms with Gasteiger partial charge in [-0.2, -0.15) is 0 Å². The highest BCUT2D eigenvalue weighted by Gasteiger charge is 1.91. The first-order valence-corrected chi connectivity index (χ1v) is 5.43. The van der Waals surface area contributed by atoms with Gasteiger partial charge >= 0.3 is 0 Å². The van der Waals surface area contributed by atoms with Gasteiger partial charge in [-0.25, -0.2) is 0 Å². The second-order valence-corrected chi connectivity index (χ2v) is 3.61. The Kier molecular flexibility index (Phi) is 5.52. The molecule has 1 radical (unpaired) electrons. The maximum Gasteiger partial charge on any atom is 0.142 e. The first-order valence-electron chi connectivity index (χ1n) is 5.43. The van der Waals surface area contributed by atoms with Crippen molar-refractivity contribution in [3.63, 3.8) is 0 Å². The number of rotatable bonds is 6. The van der Waals surface area contributed by atoms with Gasteiger partial charge in [0.1, 0.15) is 12.8 Å². The Labute approximate surface area is 91.9 Å². The molecule has 1 rings (SSSR count). The van der Waals surface area contributed by atoms with Gasteiger partial charge in [-0.05, 0) is 25.3 Å². The Morgan fingerprint density at radius 1 is 1.27 bits per heavy atom. The Morgan fingerprint density at radius 2 is 2.00 bits per heavy atom. The standard InChI is InChI=1S/C13H18NO/c1-3-4-5-10-14-15-11-13-8-6-12(2)7-9-13/h6-9H,3-5,11H2,1-2H3. The second kappa shape index (κ2) is 7.04. The van der Waals surface area contributed by atoms with Crippen molar-refractivity contribution >= 4 is 6.21 Å². The average Bonchev–Trinajstić information content (AvgIpc) is 2.26. The molecule has 0 atom stereocenters. The summed E-state index contributed by atoms with van der Waals surface area (Å²) in [5.41, 5.74) is 2.40. The summed E-state index contributed by atoms with van der Waals surface area (Å²) in [6, 6.07) is 8.25. The molecule has 15 heavy (non-hydrogen) atoms. The van der Waals surface area contributed by atoms with Crippen molar-refractivity contribution in [1.29, 1.82) is 0 Å². The van der Waals surface area contributed by atoms with E-state index in [1.165, 1.54) is 12.0 Å². The van der Waals surface area contributed by atoms with Crippen molar-refractivity contribution in [2.45, 2.75) is 39.7 Å². The van der Waals surface area contributed by atoms with Crippen molar-refractivity contribution in [3.05, 3.63) is 35.4 Å². The molecule has 0 fully saturated rings. The number of hydrogen-bond donors (Lipinski definition) is 0. The molecule has 0 saturated heterocycles. The van der Waals surface area contributed by atoms with Gasteiger partial charge in [0.05, 0.1) is 0 Å².